The molecule has 1 rings (SSSR count). The lowest BCUT2D eigenvalue weighted by molar-refractivity contribution is 0.464. The van der Waals surface area contributed by atoms with Gasteiger partial charge in [0.05, 0.1) is 0 Å². The fourth-order valence-corrected chi connectivity index (χ4v) is 1.35. The maximum atomic E-state index is 13.2. The Bertz CT molecular complexity index is 356. The van der Waals surface area contributed by atoms with E-state index >= 15 is 0 Å². The molecule has 0 spiro atoms. The SMILES string of the molecule is CC(C)Cc1cc(O)c(C#N)c(F)c1. The maximum absolute atomic E-state index is 13.2. The second-order valence-corrected chi connectivity index (χ2v) is 3.68. The highest BCUT2D eigenvalue weighted by Gasteiger charge is 2.10. The Morgan fingerprint density at radius 3 is 2.57 bits per heavy atom. The fraction of sp³-hybridized carbons (Fsp3) is 0.364. The van der Waals surface area contributed by atoms with Crippen molar-refractivity contribution in [2.75, 3.05) is 0 Å². The second-order valence-electron chi connectivity index (χ2n) is 3.68. The molecule has 1 N–H and O–H groups in total. The first-order valence-electron chi connectivity index (χ1n) is 4.46. The van der Waals surface area contributed by atoms with E-state index in [1.54, 1.807) is 6.07 Å². The van der Waals surface area contributed by atoms with Crippen LogP contribution in [-0.2, 0) is 6.42 Å². The van der Waals surface area contributed by atoms with Crippen LogP contribution in [0.3, 0.4) is 0 Å². The number of benzene rings is 1. The first-order chi connectivity index (χ1) is 6.54. The van der Waals surface area contributed by atoms with Crippen LogP contribution in [0.25, 0.3) is 0 Å². The standard InChI is InChI=1S/C11H12FNO/c1-7(2)3-8-4-10(12)9(6-13)11(14)5-8/h4-5,7,14H,3H2,1-2H3. The van der Waals surface area contributed by atoms with Crippen molar-refractivity contribution in [2.45, 2.75) is 20.3 Å². The van der Waals surface area contributed by atoms with Gasteiger partial charge in [0.1, 0.15) is 23.2 Å². The Hall–Kier alpha value is -1.56. The van der Waals surface area contributed by atoms with Crippen molar-refractivity contribution in [3.8, 4) is 11.8 Å². The molecule has 3 heteroatoms. The summed E-state index contributed by atoms with van der Waals surface area (Å²) in [4.78, 5) is 0. The molecule has 1 aromatic carbocycles. The quantitative estimate of drug-likeness (QED) is 0.784. The molecule has 0 aromatic heterocycles. The number of halogens is 1. The zero-order chi connectivity index (χ0) is 10.7. The minimum Gasteiger partial charge on any atom is -0.506 e. The van der Waals surface area contributed by atoms with Gasteiger partial charge in [0.15, 0.2) is 0 Å². The summed E-state index contributed by atoms with van der Waals surface area (Å²) in [6.45, 7) is 4.01. The number of hydrogen-bond donors (Lipinski definition) is 1. The van der Waals surface area contributed by atoms with Crippen LogP contribution in [0.2, 0.25) is 0 Å². The Morgan fingerprint density at radius 2 is 2.14 bits per heavy atom. The zero-order valence-electron chi connectivity index (χ0n) is 8.21. The molecular formula is C11H12FNO. The maximum Gasteiger partial charge on any atom is 0.145 e. The van der Waals surface area contributed by atoms with E-state index in [1.165, 1.54) is 12.1 Å². The molecule has 0 saturated carbocycles. The second kappa shape index (κ2) is 4.10. The predicted octanol–water partition coefficient (Wildman–Crippen LogP) is 2.60. The van der Waals surface area contributed by atoms with E-state index in [2.05, 4.69) is 0 Å². The van der Waals surface area contributed by atoms with E-state index in [4.69, 9.17) is 5.26 Å². The highest BCUT2D eigenvalue weighted by atomic mass is 19.1. The van der Waals surface area contributed by atoms with Crippen LogP contribution in [0.5, 0.6) is 5.75 Å². The summed E-state index contributed by atoms with van der Waals surface area (Å²) in [6.07, 6.45) is 0.691. The van der Waals surface area contributed by atoms with E-state index in [0.717, 1.165) is 0 Å². The Kier molecular flexibility index (Phi) is 3.08. The highest BCUT2D eigenvalue weighted by molar-refractivity contribution is 5.45. The van der Waals surface area contributed by atoms with Gasteiger partial charge < -0.3 is 5.11 Å². The lowest BCUT2D eigenvalue weighted by Gasteiger charge is -2.06. The van der Waals surface area contributed by atoms with Crippen LogP contribution in [0.1, 0.15) is 25.0 Å². The largest absolute Gasteiger partial charge is 0.506 e. The molecule has 0 aliphatic carbocycles. The van der Waals surface area contributed by atoms with Crippen molar-refractivity contribution in [2.24, 2.45) is 5.92 Å². The Balaban J connectivity index is 3.09. The minimum atomic E-state index is -0.650. The zero-order valence-corrected chi connectivity index (χ0v) is 8.21. The van der Waals surface area contributed by atoms with Gasteiger partial charge in [-0.15, -0.1) is 0 Å². The van der Waals surface area contributed by atoms with Crippen molar-refractivity contribution in [3.63, 3.8) is 0 Å². The van der Waals surface area contributed by atoms with Gasteiger partial charge in [0.25, 0.3) is 0 Å². The molecule has 2 nitrogen and oxygen atoms in total. The third-order valence-corrected chi connectivity index (χ3v) is 1.88. The van der Waals surface area contributed by atoms with Gasteiger partial charge >= 0.3 is 0 Å². The molecule has 0 unspecified atom stereocenters. The van der Waals surface area contributed by atoms with E-state index in [1.807, 2.05) is 13.8 Å². The van der Waals surface area contributed by atoms with Crippen LogP contribution in [0.15, 0.2) is 12.1 Å². The van der Waals surface area contributed by atoms with Crippen molar-refractivity contribution in [1.82, 2.24) is 0 Å². The van der Waals surface area contributed by atoms with E-state index in [0.29, 0.717) is 17.9 Å². The molecule has 0 radical (unpaired) electrons. The Morgan fingerprint density at radius 1 is 1.50 bits per heavy atom. The molecule has 1 aromatic rings. The normalized spacial score (nSPS) is 10.2. The summed E-state index contributed by atoms with van der Waals surface area (Å²) in [5.74, 6) is -0.534. The first-order valence-corrected chi connectivity index (χ1v) is 4.46. The molecule has 0 aliphatic heterocycles. The average molecular weight is 193 g/mol. The predicted molar refractivity (Wildman–Crippen MR) is 51.3 cm³/mol. The van der Waals surface area contributed by atoms with Crippen molar-refractivity contribution >= 4 is 0 Å². The molecule has 14 heavy (non-hydrogen) atoms. The lowest BCUT2D eigenvalue weighted by Crippen LogP contribution is -1.96. The van der Waals surface area contributed by atoms with Crippen LogP contribution < -0.4 is 0 Å². The van der Waals surface area contributed by atoms with Crippen molar-refractivity contribution in [1.29, 1.82) is 5.26 Å². The lowest BCUT2D eigenvalue weighted by atomic mass is 10.0. The number of aromatic hydroxyl groups is 1. The number of phenolic OH excluding ortho intramolecular Hbond substituents is 1. The van der Waals surface area contributed by atoms with Gasteiger partial charge in [-0.1, -0.05) is 13.8 Å². The van der Waals surface area contributed by atoms with Gasteiger partial charge in [0, 0.05) is 0 Å². The van der Waals surface area contributed by atoms with E-state index < -0.39 is 5.82 Å². The third-order valence-electron chi connectivity index (χ3n) is 1.88. The summed E-state index contributed by atoms with van der Waals surface area (Å²) >= 11 is 0. The van der Waals surface area contributed by atoms with Gasteiger partial charge in [-0.25, -0.2) is 4.39 Å². The molecule has 0 aliphatic rings. The van der Waals surface area contributed by atoms with Crippen molar-refractivity contribution in [3.05, 3.63) is 29.1 Å². The summed E-state index contributed by atoms with van der Waals surface area (Å²) in [5.41, 5.74) is 0.437. The molecule has 0 atom stereocenters. The number of phenols is 1. The average Bonchev–Trinajstić information content (AvgIpc) is 2.01. The molecule has 0 amide bonds. The third kappa shape index (κ3) is 2.23. The summed E-state index contributed by atoms with van der Waals surface area (Å²) < 4.78 is 13.2. The van der Waals surface area contributed by atoms with Gasteiger partial charge in [0.2, 0.25) is 0 Å². The van der Waals surface area contributed by atoms with Crippen LogP contribution >= 0.6 is 0 Å². The van der Waals surface area contributed by atoms with Gasteiger partial charge in [-0.05, 0) is 30.0 Å². The minimum absolute atomic E-state index is 0.275. The summed E-state index contributed by atoms with van der Waals surface area (Å²) in [7, 11) is 0. The summed E-state index contributed by atoms with van der Waals surface area (Å²) in [6, 6.07) is 4.37. The van der Waals surface area contributed by atoms with E-state index in [-0.39, 0.29) is 11.3 Å². The highest BCUT2D eigenvalue weighted by Crippen LogP contribution is 2.23. The van der Waals surface area contributed by atoms with Crippen LogP contribution in [0, 0.1) is 23.1 Å². The van der Waals surface area contributed by atoms with Crippen LogP contribution in [0.4, 0.5) is 4.39 Å². The van der Waals surface area contributed by atoms with Crippen LogP contribution in [-0.4, -0.2) is 5.11 Å². The smallest absolute Gasteiger partial charge is 0.145 e. The van der Waals surface area contributed by atoms with Gasteiger partial charge in [-0.2, -0.15) is 5.26 Å². The topological polar surface area (TPSA) is 44.0 Å². The van der Waals surface area contributed by atoms with Crippen molar-refractivity contribution < 1.29 is 9.50 Å². The molecule has 0 heterocycles. The monoisotopic (exact) mass is 193 g/mol. The molecular weight excluding hydrogens is 181 g/mol. The van der Waals surface area contributed by atoms with E-state index in [9.17, 15) is 9.50 Å². The Labute approximate surface area is 82.6 Å². The number of hydrogen-bond acceptors (Lipinski definition) is 2. The van der Waals surface area contributed by atoms with Gasteiger partial charge in [-0.3, -0.25) is 0 Å². The number of nitrogens with zero attached hydrogens (tertiary/aromatic N) is 1. The number of rotatable bonds is 2. The molecule has 0 fully saturated rings. The summed E-state index contributed by atoms with van der Waals surface area (Å²) in [5, 5.41) is 17.8. The fourth-order valence-electron chi connectivity index (χ4n) is 1.35. The number of nitriles is 1. The molecule has 74 valence electrons. The molecule has 0 saturated heterocycles. The molecule has 0 bridgehead atoms. The first kappa shape index (κ1) is 10.5.